The van der Waals surface area contributed by atoms with Crippen LogP contribution in [-0.4, -0.2) is 88.5 Å². The number of unbranched alkanes of at least 4 members (excludes halogenated alkanes) is 3. The van der Waals surface area contributed by atoms with E-state index in [1.54, 1.807) is 24.7 Å². The number of fused-ring (bicyclic) bond motifs is 1. The number of nitrogens with zero attached hydrogens (tertiary/aromatic N) is 5. The summed E-state index contributed by atoms with van der Waals surface area (Å²) >= 11 is 6.66. The van der Waals surface area contributed by atoms with Crippen molar-refractivity contribution in [2.45, 2.75) is 76.3 Å². The molecule has 6 amide bonds. The number of likely N-dealkylation sites (tertiary alicyclic amines) is 1. The van der Waals surface area contributed by atoms with Crippen LogP contribution >= 0.6 is 11.6 Å². The maximum atomic E-state index is 14.0. The normalized spacial score (nSPS) is 20.3. The Labute approximate surface area is 381 Å². The number of nitrogens with one attached hydrogen (secondary N) is 3. The van der Waals surface area contributed by atoms with Crippen molar-refractivity contribution in [1.82, 2.24) is 25.4 Å². The molecule has 1 spiro atoms. The van der Waals surface area contributed by atoms with E-state index in [0.717, 1.165) is 53.7 Å². The van der Waals surface area contributed by atoms with Crippen LogP contribution in [0, 0.1) is 5.41 Å². The average Bonchev–Trinajstić information content (AvgIpc) is 3.77. The zero-order valence-corrected chi connectivity index (χ0v) is 36.5. The van der Waals surface area contributed by atoms with Crippen LogP contribution < -0.4 is 25.6 Å². The third-order valence-electron chi connectivity index (χ3n) is 13.1. The van der Waals surface area contributed by atoms with E-state index in [9.17, 15) is 28.8 Å². The van der Waals surface area contributed by atoms with E-state index in [0.29, 0.717) is 73.6 Å². The van der Waals surface area contributed by atoms with E-state index in [4.69, 9.17) is 16.3 Å². The fourth-order valence-electron chi connectivity index (χ4n) is 9.40. The monoisotopic (exact) mass is 896 g/mol. The van der Waals surface area contributed by atoms with Crippen molar-refractivity contribution in [2.75, 3.05) is 36.5 Å². The molecular weight excluding hydrogens is 848 g/mol. The summed E-state index contributed by atoms with van der Waals surface area (Å²) in [6, 6.07) is 23.7. The quantitative estimate of drug-likeness (QED) is 0.0963. The van der Waals surface area contributed by atoms with Crippen molar-refractivity contribution in [3.8, 4) is 16.9 Å². The number of aliphatic imine (C=N–C) groups is 1. The number of benzene rings is 3. The largest absolute Gasteiger partial charge is 0.494 e. The summed E-state index contributed by atoms with van der Waals surface area (Å²) in [5.41, 5.74) is 4.45. The average molecular weight is 897 g/mol. The second-order valence-corrected chi connectivity index (χ2v) is 17.6. The van der Waals surface area contributed by atoms with E-state index in [1.807, 2.05) is 46.2 Å². The Morgan fingerprint density at radius 3 is 2.42 bits per heavy atom. The molecule has 2 unspecified atom stereocenters. The molecule has 0 bridgehead atoms. The Hall–Kier alpha value is -6.87. The first-order chi connectivity index (χ1) is 31.6. The Morgan fingerprint density at radius 1 is 0.831 bits per heavy atom. The highest BCUT2D eigenvalue weighted by Crippen LogP contribution is 2.43. The van der Waals surface area contributed by atoms with Crippen LogP contribution in [0.2, 0.25) is 0 Å². The number of hydrogen-bond donors (Lipinski definition) is 3. The SMILES string of the molecule is O=C1CCC(N2C(=O)c3ccc(OCCCCCCC(=O)N4CCC5(CC4)CCN(c4cncc(NC6=NC=C(Cl)C(c7cccc(-c8ccccc8)c7)N6)c4)C5=O)cc3C2=O)C(=O)N1. The predicted molar refractivity (Wildman–Crippen MR) is 244 cm³/mol. The van der Waals surface area contributed by atoms with Crippen molar-refractivity contribution in [2.24, 2.45) is 10.4 Å². The number of anilines is 2. The number of ether oxygens (including phenoxy) is 1. The molecule has 0 aliphatic carbocycles. The van der Waals surface area contributed by atoms with E-state index in [-0.39, 0.29) is 41.8 Å². The number of guanidine groups is 1. The second kappa shape index (κ2) is 18.7. The molecule has 3 fully saturated rings. The van der Waals surface area contributed by atoms with Gasteiger partial charge in [0.2, 0.25) is 29.6 Å². The summed E-state index contributed by atoms with van der Waals surface area (Å²) in [6.45, 7) is 2.06. The zero-order chi connectivity index (χ0) is 45.1. The van der Waals surface area contributed by atoms with Gasteiger partial charge >= 0.3 is 0 Å². The molecule has 3 saturated heterocycles. The van der Waals surface area contributed by atoms with E-state index < -0.39 is 35.1 Å². The highest BCUT2D eigenvalue weighted by molar-refractivity contribution is 6.30. The summed E-state index contributed by atoms with van der Waals surface area (Å²) in [5.74, 6) is -1.08. The lowest BCUT2D eigenvalue weighted by Crippen LogP contribution is -2.54. The smallest absolute Gasteiger partial charge is 0.262 e. The van der Waals surface area contributed by atoms with Crippen LogP contribution in [0.3, 0.4) is 0 Å². The molecule has 6 heterocycles. The Bertz CT molecular complexity index is 2610. The molecule has 15 nitrogen and oxygen atoms in total. The third kappa shape index (κ3) is 9.10. The first-order valence-electron chi connectivity index (χ1n) is 22.2. The first-order valence-corrected chi connectivity index (χ1v) is 22.6. The molecule has 16 heteroatoms. The molecule has 65 heavy (non-hydrogen) atoms. The molecule has 4 aromatic rings. The lowest BCUT2D eigenvalue weighted by atomic mass is 9.77. The van der Waals surface area contributed by atoms with Gasteiger partial charge in [0.1, 0.15) is 11.8 Å². The van der Waals surface area contributed by atoms with E-state index in [2.05, 4.69) is 50.2 Å². The molecule has 3 N–H and O–H groups in total. The number of amides is 6. The van der Waals surface area contributed by atoms with Crippen LogP contribution in [0.15, 0.2) is 107 Å². The summed E-state index contributed by atoms with van der Waals surface area (Å²) in [6.07, 6.45) is 10.8. The third-order valence-corrected chi connectivity index (χ3v) is 13.4. The van der Waals surface area contributed by atoms with Crippen LogP contribution in [0.1, 0.15) is 96.5 Å². The number of halogens is 1. The summed E-state index contributed by atoms with van der Waals surface area (Å²) in [5, 5.41) is 9.50. The van der Waals surface area contributed by atoms with Gasteiger partial charge in [0, 0.05) is 38.7 Å². The lowest BCUT2D eigenvalue weighted by molar-refractivity contribution is -0.137. The van der Waals surface area contributed by atoms with Crippen LogP contribution in [0.5, 0.6) is 5.75 Å². The molecule has 0 radical (unpaired) electrons. The van der Waals surface area contributed by atoms with Crippen LogP contribution in [-0.2, 0) is 19.2 Å². The predicted octanol–water partition coefficient (Wildman–Crippen LogP) is 6.72. The standard InChI is InChI=1S/C49H49ClN8O7/c50-39-30-52-48(55-43(39)33-12-8-11-32(25-33)31-9-4-3-5-10-31)53-34-26-35(29-51-28-34)57-23-20-49(47(57)64)18-21-56(22-19-49)42(60)13-6-1-2-7-24-65-36-14-15-37-38(27-36)46(63)58(45(37)62)40-16-17-41(59)54-44(40)61/h3-5,8-12,14-15,25-30,40,43H,1-2,6-7,13,16-24H2,(H2,52,53,55)(H,54,59,61). The Morgan fingerprint density at radius 2 is 1.60 bits per heavy atom. The molecule has 1 aromatic heterocycles. The number of hydrogen-bond acceptors (Lipinski definition) is 11. The number of aromatic nitrogens is 1. The summed E-state index contributed by atoms with van der Waals surface area (Å²) in [4.78, 5) is 90.8. The molecule has 9 rings (SSSR count). The van der Waals surface area contributed by atoms with Gasteiger partial charge < -0.3 is 25.2 Å². The van der Waals surface area contributed by atoms with Crippen LogP contribution in [0.25, 0.3) is 11.1 Å². The molecular formula is C49H49ClN8O7. The second-order valence-electron chi connectivity index (χ2n) is 17.2. The maximum absolute atomic E-state index is 14.0. The molecule has 3 aromatic carbocycles. The molecule has 0 saturated carbocycles. The van der Waals surface area contributed by atoms with Crippen molar-refractivity contribution in [3.63, 3.8) is 0 Å². The van der Waals surface area contributed by atoms with Gasteiger partial charge in [-0.25, -0.2) is 4.99 Å². The van der Waals surface area contributed by atoms with E-state index >= 15 is 0 Å². The number of rotatable bonds is 13. The van der Waals surface area contributed by atoms with Gasteiger partial charge in [-0.05, 0) is 85.5 Å². The van der Waals surface area contributed by atoms with Crippen LogP contribution in [0.4, 0.5) is 11.4 Å². The van der Waals surface area contributed by atoms with Crippen molar-refractivity contribution < 1.29 is 33.5 Å². The molecule has 2 atom stereocenters. The van der Waals surface area contributed by atoms with Gasteiger partial charge in [0.15, 0.2) is 0 Å². The van der Waals surface area contributed by atoms with Gasteiger partial charge in [-0.1, -0.05) is 73.0 Å². The van der Waals surface area contributed by atoms with Crippen molar-refractivity contribution >= 4 is 64.4 Å². The van der Waals surface area contributed by atoms with Gasteiger partial charge in [-0.2, -0.15) is 0 Å². The van der Waals surface area contributed by atoms with E-state index in [1.165, 1.54) is 12.1 Å². The topological polar surface area (TPSA) is 183 Å². The number of carbonyl (C=O) groups is 6. The summed E-state index contributed by atoms with van der Waals surface area (Å²) in [7, 11) is 0. The molecule has 5 aliphatic rings. The van der Waals surface area contributed by atoms with Gasteiger partial charge in [-0.3, -0.25) is 44.0 Å². The first kappa shape index (κ1) is 43.4. The highest BCUT2D eigenvalue weighted by atomic mass is 35.5. The Balaban J connectivity index is 0.699. The fourth-order valence-corrected chi connectivity index (χ4v) is 9.63. The minimum atomic E-state index is -1.02. The number of carbonyl (C=O) groups excluding carboxylic acids is 6. The molecule has 334 valence electrons. The lowest BCUT2D eigenvalue weighted by Gasteiger charge is -2.38. The van der Waals surface area contributed by atoms with Gasteiger partial charge in [0.25, 0.3) is 11.8 Å². The maximum Gasteiger partial charge on any atom is 0.262 e. The van der Waals surface area contributed by atoms with Gasteiger partial charge in [0.05, 0.1) is 58.0 Å². The summed E-state index contributed by atoms with van der Waals surface area (Å²) < 4.78 is 5.88. The van der Waals surface area contributed by atoms with Gasteiger partial charge in [-0.15, -0.1) is 0 Å². The number of piperidine rings is 2. The number of pyridine rings is 1. The minimum Gasteiger partial charge on any atom is -0.494 e. The van der Waals surface area contributed by atoms with Crippen molar-refractivity contribution in [1.29, 1.82) is 0 Å². The number of imide groups is 2. The fraction of sp³-hybridized carbons (Fsp3) is 0.347. The van der Waals surface area contributed by atoms with Crippen molar-refractivity contribution in [3.05, 3.63) is 119 Å². The minimum absolute atomic E-state index is 0.0575. The molecule has 5 aliphatic heterocycles. The zero-order valence-electron chi connectivity index (χ0n) is 35.8. The highest BCUT2D eigenvalue weighted by Gasteiger charge is 2.49. The Kier molecular flexibility index (Phi) is 12.5.